The number of nitrogens with one attached hydrogen (secondary N) is 1. The predicted molar refractivity (Wildman–Crippen MR) is 44.5 cm³/mol. The summed E-state index contributed by atoms with van der Waals surface area (Å²) in [6, 6.07) is 1.03. The highest BCUT2D eigenvalue weighted by Gasteiger charge is 2.47. The lowest BCUT2D eigenvalue weighted by atomic mass is 10.1. The van der Waals surface area contributed by atoms with Crippen LogP contribution in [-0.4, -0.2) is 16.1 Å². The Hall–Kier alpha value is -1.39. The van der Waals surface area contributed by atoms with E-state index in [0.717, 1.165) is 6.07 Å². The van der Waals surface area contributed by atoms with Crippen molar-refractivity contribution in [1.29, 1.82) is 0 Å². The van der Waals surface area contributed by atoms with Crippen molar-refractivity contribution in [2.75, 3.05) is 0 Å². The highest BCUT2D eigenvalue weighted by atomic mass is 19.3. The summed E-state index contributed by atoms with van der Waals surface area (Å²) < 4.78 is 26.8. The zero-order valence-electron chi connectivity index (χ0n) is 7.47. The molecule has 0 aromatic carbocycles. The summed E-state index contributed by atoms with van der Waals surface area (Å²) in [7, 11) is 0. The van der Waals surface area contributed by atoms with E-state index >= 15 is 0 Å². The van der Waals surface area contributed by atoms with Crippen molar-refractivity contribution >= 4 is 5.97 Å². The summed E-state index contributed by atoms with van der Waals surface area (Å²) in [6.45, 7) is 1.45. The molecule has 0 fully saturated rings. The Morgan fingerprint density at radius 3 is 2.86 bits per heavy atom. The molecular weight excluding hydrogens is 192 g/mol. The van der Waals surface area contributed by atoms with Crippen molar-refractivity contribution in [3.8, 4) is 0 Å². The van der Waals surface area contributed by atoms with Crippen molar-refractivity contribution < 1.29 is 18.7 Å². The van der Waals surface area contributed by atoms with Crippen LogP contribution in [0.4, 0.5) is 8.78 Å². The zero-order chi connectivity index (χ0) is 10.5. The smallest absolute Gasteiger partial charge is 0.352 e. The number of carbonyl (C=O) groups is 1. The number of aromatic nitrogens is 1. The Morgan fingerprint density at radius 1 is 1.71 bits per heavy atom. The third-order valence-corrected chi connectivity index (χ3v) is 2.62. The summed E-state index contributed by atoms with van der Waals surface area (Å²) in [6.07, 6.45) is 0.204. The van der Waals surface area contributed by atoms with Gasteiger partial charge in [-0.25, -0.2) is 13.6 Å². The second kappa shape index (κ2) is 2.56. The van der Waals surface area contributed by atoms with Gasteiger partial charge in [0.05, 0.1) is 0 Å². The number of fused-ring (bicyclic) bond motifs is 1. The Kier molecular flexibility index (Phi) is 1.68. The van der Waals surface area contributed by atoms with Gasteiger partial charge in [-0.3, -0.25) is 0 Å². The molecule has 1 heterocycles. The molecule has 0 saturated carbocycles. The third kappa shape index (κ3) is 1.05. The maximum absolute atomic E-state index is 13.4. The Morgan fingerprint density at radius 2 is 2.36 bits per heavy atom. The van der Waals surface area contributed by atoms with Crippen molar-refractivity contribution in [2.24, 2.45) is 5.92 Å². The van der Waals surface area contributed by atoms with Crippen LogP contribution in [0.5, 0.6) is 0 Å². The number of alkyl halides is 2. The minimum absolute atomic E-state index is 0.164. The second-order valence-corrected chi connectivity index (χ2v) is 3.61. The lowest BCUT2D eigenvalue weighted by molar-refractivity contribution is -0.0451. The van der Waals surface area contributed by atoms with E-state index in [-0.39, 0.29) is 17.7 Å². The van der Waals surface area contributed by atoms with Gasteiger partial charge in [-0.1, -0.05) is 6.92 Å². The number of hydrogen-bond acceptors (Lipinski definition) is 1. The third-order valence-electron chi connectivity index (χ3n) is 2.62. The van der Waals surface area contributed by atoms with Crippen LogP contribution in [0.3, 0.4) is 0 Å². The first kappa shape index (κ1) is 9.18. The maximum atomic E-state index is 13.4. The van der Waals surface area contributed by atoms with E-state index in [1.807, 2.05) is 0 Å². The first-order valence-electron chi connectivity index (χ1n) is 4.26. The average molecular weight is 201 g/mol. The quantitative estimate of drug-likeness (QED) is 0.730. The summed E-state index contributed by atoms with van der Waals surface area (Å²) in [5.41, 5.74) is 0.0175. The molecule has 0 aliphatic heterocycles. The number of aromatic amines is 1. The van der Waals surface area contributed by atoms with Crippen LogP contribution in [-0.2, 0) is 12.3 Å². The van der Waals surface area contributed by atoms with E-state index < -0.39 is 17.8 Å². The average Bonchev–Trinajstić information content (AvgIpc) is 2.55. The Labute approximate surface area is 78.7 Å². The van der Waals surface area contributed by atoms with E-state index in [1.54, 1.807) is 0 Å². The van der Waals surface area contributed by atoms with Gasteiger partial charge in [0.1, 0.15) is 5.69 Å². The van der Waals surface area contributed by atoms with Crippen LogP contribution >= 0.6 is 0 Å². The fraction of sp³-hybridized carbons (Fsp3) is 0.444. The number of rotatable bonds is 1. The molecule has 76 valence electrons. The fourth-order valence-electron chi connectivity index (χ4n) is 1.77. The van der Waals surface area contributed by atoms with Crippen molar-refractivity contribution in [2.45, 2.75) is 19.3 Å². The molecular formula is C9H9F2NO2. The highest BCUT2D eigenvalue weighted by Crippen LogP contribution is 2.45. The van der Waals surface area contributed by atoms with Gasteiger partial charge in [-0.2, -0.15) is 0 Å². The molecule has 3 nitrogen and oxygen atoms in total. The lowest BCUT2D eigenvalue weighted by Crippen LogP contribution is -2.17. The maximum Gasteiger partial charge on any atom is 0.352 e. The van der Waals surface area contributed by atoms with Gasteiger partial charge in [0.15, 0.2) is 0 Å². The van der Waals surface area contributed by atoms with Gasteiger partial charge < -0.3 is 10.1 Å². The summed E-state index contributed by atoms with van der Waals surface area (Å²) in [4.78, 5) is 13.0. The predicted octanol–water partition coefficient (Wildman–Crippen LogP) is 2.00. The van der Waals surface area contributed by atoms with E-state index in [1.165, 1.54) is 6.92 Å². The van der Waals surface area contributed by atoms with E-state index in [9.17, 15) is 13.6 Å². The largest absolute Gasteiger partial charge is 0.477 e. The first-order chi connectivity index (χ1) is 6.43. The number of carboxylic acid groups (broad SMARTS) is 1. The molecule has 1 aromatic heterocycles. The van der Waals surface area contributed by atoms with Gasteiger partial charge in [0, 0.05) is 17.2 Å². The molecule has 0 unspecified atom stereocenters. The normalized spacial score (nSPS) is 23.5. The SMILES string of the molecule is C[C@H]1Cc2[nH]c(C(=O)O)cc2C1(F)F. The molecule has 5 heteroatoms. The van der Waals surface area contributed by atoms with Crippen LogP contribution < -0.4 is 0 Å². The van der Waals surface area contributed by atoms with Gasteiger partial charge in [-0.15, -0.1) is 0 Å². The van der Waals surface area contributed by atoms with Gasteiger partial charge in [0.2, 0.25) is 0 Å². The number of carboxylic acids is 1. The molecule has 2 N–H and O–H groups in total. The topological polar surface area (TPSA) is 53.1 Å². The summed E-state index contributed by atoms with van der Waals surface area (Å²) >= 11 is 0. The Bertz CT molecular complexity index is 398. The zero-order valence-corrected chi connectivity index (χ0v) is 7.47. The molecule has 1 atom stereocenters. The number of aromatic carboxylic acids is 1. The van der Waals surface area contributed by atoms with Crippen LogP contribution in [0.25, 0.3) is 0 Å². The standard InChI is InChI=1S/C9H9F2NO2/c1-4-2-6-5(9(4,10)11)3-7(12-6)8(13)14/h3-4,12H,2H2,1H3,(H,13,14)/t4-/m0/s1. The minimum atomic E-state index is -2.90. The Balaban J connectivity index is 2.48. The second-order valence-electron chi connectivity index (χ2n) is 3.61. The molecule has 0 amide bonds. The molecule has 14 heavy (non-hydrogen) atoms. The van der Waals surface area contributed by atoms with Crippen LogP contribution in [0.2, 0.25) is 0 Å². The molecule has 2 rings (SSSR count). The van der Waals surface area contributed by atoms with Crippen molar-refractivity contribution in [3.63, 3.8) is 0 Å². The monoisotopic (exact) mass is 201 g/mol. The van der Waals surface area contributed by atoms with Crippen molar-refractivity contribution in [1.82, 2.24) is 4.98 Å². The number of halogens is 2. The molecule has 0 spiro atoms. The van der Waals surface area contributed by atoms with Gasteiger partial charge in [0.25, 0.3) is 5.92 Å². The summed E-state index contributed by atoms with van der Waals surface area (Å²) in [5.74, 6) is -4.87. The van der Waals surface area contributed by atoms with Gasteiger partial charge >= 0.3 is 5.97 Å². The van der Waals surface area contributed by atoms with Crippen LogP contribution in [0.15, 0.2) is 6.07 Å². The first-order valence-corrected chi connectivity index (χ1v) is 4.26. The minimum Gasteiger partial charge on any atom is -0.477 e. The van der Waals surface area contributed by atoms with E-state index in [4.69, 9.17) is 5.11 Å². The molecule has 1 aliphatic carbocycles. The molecule has 1 aliphatic rings. The van der Waals surface area contributed by atoms with Gasteiger partial charge in [-0.05, 0) is 12.5 Å². The molecule has 0 bridgehead atoms. The van der Waals surface area contributed by atoms with Crippen LogP contribution in [0.1, 0.15) is 28.7 Å². The highest BCUT2D eigenvalue weighted by molar-refractivity contribution is 5.86. The number of hydrogen-bond donors (Lipinski definition) is 2. The van der Waals surface area contributed by atoms with E-state index in [2.05, 4.69) is 4.98 Å². The van der Waals surface area contributed by atoms with Crippen LogP contribution in [0, 0.1) is 5.92 Å². The molecule has 1 aromatic rings. The fourth-order valence-corrected chi connectivity index (χ4v) is 1.77. The summed E-state index contributed by atoms with van der Waals surface area (Å²) in [5, 5.41) is 8.60. The molecule has 0 radical (unpaired) electrons. The lowest BCUT2D eigenvalue weighted by Gasteiger charge is -2.14. The molecule has 0 saturated heterocycles. The van der Waals surface area contributed by atoms with Crippen molar-refractivity contribution in [3.05, 3.63) is 23.0 Å². The number of H-pyrrole nitrogens is 1. The van der Waals surface area contributed by atoms with E-state index in [0.29, 0.717) is 5.69 Å².